The highest BCUT2D eigenvalue weighted by Crippen LogP contribution is 2.29. The predicted molar refractivity (Wildman–Crippen MR) is 147 cm³/mol. The highest BCUT2D eigenvalue weighted by atomic mass is 19.4. The molecule has 0 saturated heterocycles. The molecule has 1 amide bonds. The second-order valence-electron chi connectivity index (χ2n) is 10.6. The summed E-state index contributed by atoms with van der Waals surface area (Å²) in [6.45, 7) is 10.1. The Morgan fingerprint density at radius 2 is 1.77 bits per heavy atom. The number of hydrogen-bond acceptors (Lipinski definition) is 9. The number of alkyl halides is 3. The van der Waals surface area contributed by atoms with Gasteiger partial charge < -0.3 is 14.9 Å². The molecule has 1 aromatic carbocycles. The lowest BCUT2D eigenvalue weighted by Gasteiger charge is -2.10. The van der Waals surface area contributed by atoms with Crippen molar-refractivity contribution in [3.05, 3.63) is 77.6 Å². The summed E-state index contributed by atoms with van der Waals surface area (Å²) < 4.78 is 38.8. The minimum absolute atomic E-state index is 0.0289. The molecule has 0 atom stereocenters. The van der Waals surface area contributed by atoms with Gasteiger partial charge in [0, 0.05) is 34.8 Å². The molecule has 0 fully saturated rings. The first-order chi connectivity index (χ1) is 20.1. The van der Waals surface area contributed by atoms with Gasteiger partial charge in [-0.25, -0.2) is 14.3 Å². The molecule has 5 rings (SSSR count). The van der Waals surface area contributed by atoms with E-state index in [0.717, 1.165) is 44.7 Å². The van der Waals surface area contributed by atoms with E-state index in [9.17, 15) is 18.0 Å². The molecule has 0 aliphatic rings. The van der Waals surface area contributed by atoms with Crippen LogP contribution in [0.1, 0.15) is 54.1 Å². The third-order valence-electron chi connectivity index (χ3n) is 6.08. The molecule has 2 N–H and O–H groups in total. The van der Waals surface area contributed by atoms with Crippen molar-refractivity contribution >= 4 is 17.4 Å². The first kappa shape index (κ1) is 30.7. The van der Waals surface area contributed by atoms with Crippen LogP contribution < -0.4 is 5.32 Å². The smallest absolute Gasteiger partial charge is 0.475 e. The lowest BCUT2D eigenvalue weighted by atomic mass is 9.97. The standard InChI is InChI=1S/C26H26N8O2.C2HF3O2/c1-15-8-17(6-7-18(15)11-27-24(35)23-31-25(36-33-23)26(3,4)5)22-21-10-20(13-34(21)30-14-28-22)19-9-16(2)32-29-12-19;3-2(4,5)1(6)7/h6-10,12-14H,11H2,1-5H3,(H,27,35);(H,6,7). The maximum absolute atomic E-state index is 12.5. The normalized spacial score (nSPS) is 11.6. The molecular weight excluding hydrogens is 569 g/mol. The van der Waals surface area contributed by atoms with E-state index in [0.29, 0.717) is 12.4 Å². The number of carbonyl (C=O) groups excluding carboxylic acids is 1. The van der Waals surface area contributed by atoms with E-state index in [1.54, 1.807) is 12.5 Å². The van der Waals surface area contributed by atoms with Gasteiger partial charge in [0.25, 0.3) is 11.7 Å². The minimum atomic E-state index is -5.08. The summed E-state index contributed by atoms with van der Waals surface area (Å²) in [5, 5.41) is 26.3. The van der Waals surface area contributed by atoms with Crippen molar-refractivity contribution in [3.63, 3.8) is 0 Å². The Morgan fingerprint density at radius 1 is 1.05 bits per heavy atom. The molecule has 0 aliphatic heterocycles. The number of benzene rings is 1. The van der Waals surface area contributed by atoms with Gasteiger partial charge in [0.1, 0.15) is 6.33 Å². The maximum Gasteiger partial charge on any atom is 0.490 e. The molecule has 5 aromatic rings. The lowest BCUT2D eigenvalue weighted by molar-refractivity contribution is -0.192. The first-order valence-electron chi connectivity index (χ1n) is 12.8. The molecule has 12 nitrogen and oxygen atoms in total. The Morgan fingerprint density at radius 3 is 2.37 bits per heavy atom. The van der Waals surface area contributed by atoms with Crippen LogP contribution in [0, 0.1) is 13.8 Å². The maximum atomic E-state index is 12.5. The minimum Gasteiger partial charge on any atom is -0.475 e. The Bertz CT molecular complexity index is 1790. The van der Waals surface area contributed by atoms with Gasteiger partial charge in [-0.15, -0.1) is 0 Å². The third kappa shape index (κ3) is 7.36. The van der Waals surface area contributed by atoms with Crippen molar-refractivity contribution < 1.29 is 32.4 Å². The number of aryl methyl sites for hydroxylation is 2. The van der Waals surface area contributed by atoms with Crippen LogP contribution in [-0.2, 0) is 16.8 Å². The largest absolute Gasteiger partial charge is 0.490 e. The van der Waals surface area contributed by atoms with Gasteiger partial charge >= 0.3 is 12.1 Å². The summed E-state index contributed by atoms with van der Waals surface area (Å²) in [6, 6.07) is 10.1. The van der Waals surface area contributed by atoms with E-state index in [4.69, 9.17) is 14.4 Å². The van der Waals surface area contributed by atoms with Crippen molar-refractivity contribution in [2.24, 2.45) is 0 Å². The number of nitrogens with zero attached hydrogens (tertiary/aromatic N) is 7. The van der Waals surface area contributed by atoms with Crippen molar-refractivity contribution in [1.29, 1.82) is 0 Å². The molecule has 0 aliphatic carbocycles. The number of rotatable bonds is 5. The SMILES string of the molecule is Cc1cc(-c2cc3c(-c4ccc(CNC(=O)c5noc(C(C)(C)C)n5)c(C)c4)ncnn3c2)cnn1.O=C(O)C(F)(F)F. The topological polar surface area (TPSA) is 161 Å². The number of fused-ring (bicyclic) bond motifs is 1. The number of hydrogen-bond donors (Lipinski definition) is 2. The Labute approximate surface area is 243 Å². The second kappa shape index (κ2) is 12.0. The Balaban J connectivity index is 0.000000541. The number of carbonyl (C=O) groups is 2. The fraction of sp³-hybridized carbons (Fsp3) is 0.286. The number of carboxylic acid groups (broad SMARTS) is 1. The molecule has 4 aromatic heterocycles. The zero-order valence-corrected chi connectivity index (χ0v) is 23.8. The fourth-order valence-electron chi connectivity index (χ4n) is 3.86. The van der Waals surface area contributed by atoms with Crippen molar-refractivity contribution in [1.82, 2.24) is 40.3 Å². The highest BCUT2D eigenvalue weighted by Gasteiger charge is 2.38. The molecule has 0 spiro atoms. The van der Waals surface area contributed by atoms with Crippen molar-refractivity contribution in [2.75, 3.05) is 0 Å². The lowest BCUT2D eigenvalue weighted by Crippen LogP contribution is -2.24. The summed E-state index contributed by atoms with van der Waals surface area (Å²) >= 11 is 0. The van der Waals surface area contributed by atoms with E-state index in [1.165, 1.54) is 0 Å². The molecule has 0 unspecified atom stereocenters. The van der Waals surface area contributed by atoms with Crippen LogP contribution in [0.5, 0.6) is 0 Å². The first-order valence-corrected chi connectivity index (χ1v) is 12.8. The van der Waals surface area contributed by atoms with Crippen LogP contribution in [0.15, 0.2) is 53.6 Å². The van der Waals surface area contributed by atoms with E-state index >= 15 is 0 Å². The van der Waals surface area contributed by atoms with Crippen LogP contribution in [0.25, 0.3) is 27.9 Å². The average molecular weight is 597 g/mol. The van der Waals surface area contributed by atoms with Gasteiger partial charge in [-0.1, -0.05) is 38.1 Å². The van der Waals surface area contributed by atoms with Gasteiger partial charge in [-0.05, 0) is 43.2 Å². The zero-order chi connectivity index (χ0) is 31.5. The van der Waals surface area contributed by atoms with Gasteiger partial charge in [0.05, 0.1) is 23.1 Å². The monoisotopic (exact) mass is 596 g/mol. The van der Waals surface area contributed by atoms with Crippen molar-refractivity contribution in [2.45, 2.75) is 52.8 Å². The van der Waals surface area contributed by atoms with Crippen LogP contribution in [0.2, 0.25) is 0 Å². The molecule has 4 heterocycles. The number of halogens is 3. The van der Waals surface area contributed by atoms with Crippen LogP contribution >= 0.6 is 0 Å². The van der Waals surface area contributed by atoms with Gasteiger partial charge in [0.2, 0.25) is 5.89 Å². The van der Waals surface area contributed by atoms with Crippen molar-refractivity contribution in [3.8, 4) is 22.4 Å². The summed E-state index contributed by atoms with van der Waals surface area (Å²) in [6.07, 6.45) is 0.153. The molecule has 224 valence electrons. The summed E-state index contributed by atoms with van der Waals surface area (Å²) in [5.41, 5.74) is 7.14. The number of aliphatic carboxylic acids is 1. The Kier molecular flexibility index (Phi) is 8.55. The zero-order valence-electron chi connectivity index (χ0n) is 23.8. The number of aromatic nitrogens is 7. The van der Waals surface area contributed by atoms with Gasteiger partial charge in [-0.2, -0.15) is 33.5 Å². The summed E-state index contributed by atoms with van der Waals surface area (Å²) in [5.74, 6) is -2.68. The van der Waals surface area contributed by atoms with E-state index in [2.05, 4.69) is 41.8 Å². The van der Waals surface area contributed by atoms with E-state index < -0.39 is 12.1 Å². The number of amides is 1. The van der Waals surface area contributed by atoms with E-state index in [1.807, 2.05) is 69.6 Å². The molecule has 15 heteroatoms. The van der Waals surface area contributed by atoms with Crippen LogP contribution in [0.4, 0.5) is 13.2 Å². The second-order valence-corrected chi connectivity index (χ2v) is 10.6. The quantitative estimate of drug-likeness (QED) is 0.291. The highest BCUT2D eigenvalue weighted by molar-refractivity contribution is 5.90. The average Bonchev–Trinajstić information content (AvgIpc) is 3.60. The van der Waals surface area contributed by atoms with Gasteiger partial charge in [-0.3, -0.25) is 4.79 Å². The summed E-state index contributed by atoms with van der Waals surface area (Å²) in [4.78, 5) is 30.2. The molecule has 0 saturated carbocycles. The van der Waals surface area contributed by atoms with Crippen LogP contribution in [0.3, 0.4) is 0 Å². The van der Waals surface area contributed by atoms with Crippen LogP contribution in [-0.4, -0.2) is 58.1 Å². The van der Waals surface area contributed by atoms with E-state index in [-0.39, 0.29) is 17.1 Å². The predicted octanol–water partition coefficient (Wildman–Crippen LogP) is 4.71. The van der Waals surface area contributed by atoms with Gasteiger partial charge in [0.15, 0.2) is 0 Å². The molecule has 0 radical (unpaired) electrons. The third-order valence-corrected chi connectivity index (χ3v) is 6.08. The number of carboxylic acids is 1. The fourth-order valence-corrected chi connectivity index (χ4v) is 3.86. The number of nitrogens with one attached hydrogen (secondary N) is 1. The Hall–Kier alpha value is -5.21. The molecular formula is C28H27F3N8O4. The molecule has 43 heavy (non-hydrogen) atoms. The molecule has 0 bridgehead atoms. The summed E-state index contributed by atoms with van der Waals surface area (Å²) in [7, 11) is 0.